The standard InChI is InChI=1S/C26H22N2O2/c1-3-28-20-7-5-4-6-17(20)23-21(28)13-12-18-24(23)22(16-10-8-15(2)9-11-16)25-19(27-18)14-30-26(25)29/h4-13,22,27H,3,14H2,1-2H3. The third-order valence-electron chi connectivity index (χ3n) is 6.46. The van der Waals surface area contributed by atoms with Gasteiger partial charge in [-0.15, -0.1) is 0 Å². The number of esters is 1. The Kier molecular flexibility index (Phi) is 3.60. The van der Waals surface area contributed by atoms with Crippen LogP contribution in [0.1, 0.15) is 29.5 Å². The summed E-state index contributed by atoms with van der Waals surface area (Å²) >= 11 is 0. The van der Waals surface area contributed by atoms with Crippen LogP contribution in [0.4, 0.5) is 5.69 Å². The second kappa shape index (κ2) is 6.23. The molecule has 0 bridgehead atoms. The summed E-state index contributed by atoms with van der Waals surface area (Å²) in [5.41, 5.74) is 8.60. The first-order chi connectivity index (χ1) is 14.7. The molecule has 0 fully saturated rings. The largest absolute Gasteiger partial charge is 0.456 e. The van der Waals surface area contributed by atoms with Crippen LogP contribution in [0.15, 0.2) is 71.9 Å². The first-order valence-corrected chi connectivity index (χ1v) is 10.4. The van der Waals surface area contributed by atoms with Crippen LogP contribution in [-0.4, -0.2) is 17.1 Å². The minimum Gasteiger partial charge on any atom is -0.456 e. The van der Waals surface area contributed by atoms with Gasteiger partial charge in [-0.2, -0.15) is 0 Å². The van der Waals surface area contributed by atoms with Crippen LogP contribution in [0.2, 0.25) is 0 Å². The maximum atomic E-state index is 12.8. The van der Waals surface area contributed by atoms with Gasteiger partial charge in [-0.1, -0.05) is 48.0 Å². The summed E-state index contributed by atoms with van der Waals surface area (Å²) in [6.45, 7) is 5.46. The number of nitrogens with one attached hydrogen (secondary N) is 1. The van der Waals surface area contributed by atoms with Crippen LogP contribution in [-0.2, 0) is 16.1 Å². The van der Waals surface area contributed by atoms with Crippen molar-refractivity contribution in [3.8, 4) is 0 Å². The van der Waals surface area contributed by atoms with Gasteiger partial charge < -0.3 is 14.6 Å². The lowest BCUT2D eigenvalue weighted by molar-refractivity contribution is -0.136. The van der Waals surface area contributed by atoms with Crippen molar-refractivity contribution < 1.29 is 9.53 Å². The summed E-state index contributed by atoms with van der Waals surface area (Å²) in [5.74, 6) is -0.364. The van der Waals surface area contributed by atoms with E-state index in [4.69, 9.17) is 4.74 Å². The lowest BCUT2D eigenvalue weighted by Gasteiger charge is -2.28. The predicted molar refractivity (Wildman–Crippen MR) is 120 cm³/mol. The van der Waals surface area contributed by atoms with Crippen molar-refractivity contribution in [2.24, 2.45) is 0 Å². The van der Waals surface area contributed by atoms with E-state index < -0.39 is 0 Å². The van der Waals surface area contributed by atoms with Crippen LogP contribution >= 0.6 is 0 Å². The number of cyclic esters (lactones) is 1. The Morgan fingerprint density at radius 2 is 1.83 bits per heavy atom. The van der Waals surface area contributed by atoms with E-state index >= 15 is 0 Å². The van der Waals surface area contributed by atoms with Crippen molar-refractivity contribution in [3.05, 3.63) is 88.6 Å². The number of benzene rings is 3. The number of carbonyl (C=O) groups excluding carboxylic acids is 1. The highest BCUT2D eigenvalue weighted by atomic mass is 16.5. The van der Waals surface area contributed by atoms with Gasteiger partial charge in [0.1, 0.15) is 6.61 Å². The molecule has 4 nitrogen and oxygen atoms in total. The van der Waals surface area contributed by atoms with E-state index in [9.17, 15) is 4.79 Å². The Morgan fingerprint density at radius 1 is 1.03 bits per heavy atom. The number of carbonyl (C=O) groups is 1. The molecule has 0 saturated carbocycles. The van der Waals surface area contributed by atoms with Crippen molar-refractivity contribution in [1.82, 2.24) is 4.57 Å². The van der Waals surface area contributed by atoms with Gasteiger partial charge in [0, 0.05) is 40.0 Å². The van der Waals surface area contributed by atoms with E-state index in [1.807, 2.05) is 0 Å². The SMILES string of the molecule is CCn1c2ccccc2c2c3c(ccc21)NC1=C(C(=O)OC1)C3c1ccc(C)cc1. The van der Waals surface area contributed by atoms with Crippen molar-refractivity contribution in [1.29, 1.82) is 0 Å². The first kappa shape index (κ1) is 17.3. The predicted octanol–water partition coefficient (Wildman–Crippen LogP) is 5.49. The fourth-order valence-electron chi connectivity index (χ4n) is 5.13. The Morgan fingerprint density at radius 3 is 2.63 bits per heavy atom. The molecular formula is C26H22N2O2. The highest BCUT2D eigenvalue weighted by Gasteiger charge is 2.39. The number of anilines is 1. The molecular weight excluding hydrogens is 372 g/mol. The third-order valence-corrected chi connectivity index (χ3v) is 6.46. The number of nitrogens with zero attached hydrogens (tertiary/aromatic N) is 1. The molecule has 148 valence electrons. The number of hydrogen-bond acceptors (Lipinski definition) is 3. The summed E-state index contributed by atoms with van der Waals surface area (Å²) in [6.07, 6.45) is 0. The molecule has 0 radical (unpaired) electrons. The average molecular weight is 394 g/mol. The smallest absolute Gasteiger partial charge is 0.337 e. The Bertz CT molecular complexity index is 1380. The van der Waals surface area contributed by atoms with Gasteiger partial charge in [0.15, 0.2) is 0 Å². The van der Waals surface area contributed by atoms with Crippen molar-refractivity contribution in [2.75, 3.05) is 11.9 Å². The van der Waals surface area contributed by atoms with Crippen LogP contribution in [0.3, 0.4) is 0 Å². The monoisotopic (exact) mass is 394 g/mol. The lowest BCUT2D eigenvalue weighted by atomic mass is 9.79. The minimum absolute atomic E-state index is 0.147. The van der Waals surface area contributed by atoms with Crippen LogP contribution < -0.4 is 5.32 Å². The van der Waals surface area contributed by atoms with E-state index in [1.165, 1.54) is 27.4 Å². The molecule has 1 aromatic heterocycles. The van der Waals surface area contributed by atoms with Crippen molar-refractivity contribution in [3.63, 3.8) is 0 Å². The summed E-state index contributed by atoms with van der Waals surface area (Å²) in [7, 11) is 0. The fourth-order valence-corrected chi connectivity index (χ4v) is 5.13. The average Bonchev–Trinajstić information content (AvgIpc) is 3.30. The van der Waals surface area contributed by atoms with Crippen LogP contribution in [0, 0.1) is 6.92 Å². The molecule has 0 amide bonds. The summed E-state index contributed by atoms with van der Waals surface area (Å²) < 4.78 is 7.81. The zero-order chi connectivity index (χ0) is 20.4. The normalized spacial score (nSPS) is 17.8. The van der Waals surface area contributed by atoms with Gasteiger partial charge in [0.25, 0.3) is 0 Å². The zero-order valence-corrected chi connectivity index (χ0v) is 17.0. The molecule has 3 heterocycles. The number of ether oxygens (including phenoxy) is 1. The number of hydrogen-bond donors (Lipinski definition) is 1. The van der Waals surface area contributed by atoms with Crippen molar-refractivity contribution in [2.45, 2.75) is 26.3 Å². The Hall–Kier alpha value is -3.53. The van der Waals surface area contributed by atoms with Crippen LogP contribution in [0.5, 0.6) is 0 Å². The number of fused-ring (bicyclic) bond motifs is 5. The van der Waals surface area contributed by atoms with Crippen molar-refractivity contribution >= 4 is 33.5 Å². The van der Waals surface area contributed by atoms with Gasteiger partial charge >= 0.3 is 5.97 Å². The maximum Gasteiger partial charge on any atom is 0.337 e. The van der Waals surface area contributed by atoms with Gasteiger partial charge in [-0.3, -0.25) is 0 Å². The zero-order valence-electron chi connectivity index (χ0n) is 17.0. The number of aromatic nitrogens is 1. The highest BCUT2D eigenvalue weighted by molar-refractivity contribution is 6.13. The molecule has 4 aromatic rings. The lowest BCUT2D eigenvalue weighted by Crippen LogP contribution is -2.20. The van der Waals surface area contributed by atoms with E-state index in [-0.39, 0.29) is 11.9 Å². The topological polar surface area (TPSA) is 43.3 Å². The summed E-state index contributed by atoms with van der Waals surface area (Å²) in [4.78, 5) is 12.8. The summed E-state index contributed by atoms with van der Waals surface area (Å²) in [6, 6.07) is 21.4. The molecule has 1 atom stereocenters. The molecule has 4 heteroatoms. The molecule has 30 heavy (non-hydrogen) atoms. The molecule has 6 rings (SSSR count). The fraction of sp³-hybridized carbons (Fsp3) is 0.192. The Balaban J connectivity index is 1.75. The van der Waals surface area contributed by atoms with E-state index in [0.29, 0.717) is 6.61 Å². The van der Waals surface area contributed by atoms with Gasteiger partial charge in [-0.05, 0) is 43.2 Å². The number of aryl methyl sites for hydroxylation is 2. The Labute approximate surface area is 174 Å². The van der Waals surface area contributed by atoms with Gasteiger partial charge in [-0.25, -0.2) is 4.79 Å². The maximum absolute atomic E-state index is 12.8. The van der Waals surface area contributed by atoms with Crippen LogP contribution in [0.25, 0.3) is 21.8 Å². The molecule has 2 aliphatic heterocycles. The molecule has 3 aromatic carbocycles. The molecule has 0 aliphatic carbocycles. The molecule has 1 N–H and O–H groups in total. The third kappa shape index (κ3) is 2.25. The molecule has 0 saturated heterocycles. The second-order valence-corrected chi connectivity index (χ2v) is 8.12. The number of para-hydroxylation sites is 1. The molecule has 1 unspecified atom stereocenters. The highest BCUT2D eigenvalue weighted by Crippen LogP contribution is 2.49. The number of rotatable bonds is 2. The molecule has 0 spiro atoms. The minimum atomic E-state index is -0.218. The second-order valence-electron chi connectivity index (χ2n) is 8.12. The quantitative estimate of drug-likeness (QED) is 0.457. The van der Waals surface area contributed by atoms with E-state index in [0.717, 1.165) is 34.6 Å². The summed E-state index contributed by atoms with van der Waals surface area (Å²) in [5, 5.41) is 5.95. The first-order valence-electron chi connectivity index (χ1n) is 10.4. The van der Waals surface area contributed by atoms with Gasteiger partial charge in [0.05, 0.1) is 11.3 Å². The van der Waals surface area contributed by atoms with E-state index in [1.54, 1.807) is 0 Å². The van der Waals surface area contributed by atoms with E-state index in [2.05, 4.69) is 84.4 Å². The molecule has 2 aliphatic rings. The van der Waals surface area contributed by atoms with Gasteiger partial charge in [0.2, 0.25) is 0 Å².